The number of nitrogens with zero attached hydrogens (tertiary/aromatic N) is 1. The topological polar surface area (TPSA) is 97.0 Å². The van der Waals surface area contributed by atoms with Crippen LogP contribution < -0.4 is 15.4 Å². The van der Waals surface area contributed by atoms with E-state index in [1.807, 2.05) is 6.92 Å². The van der Waals surface area contributed by atoms with Crippen molar-refractivity contribution in [2.24, 2.45) is 5.92 Å². The van der Waals surface area contributed by atoms with E-state index in [4.69, 9.17) is 21.1 Å². The van der Waals surface area contributed by atoms with Gasteiger partial charge in [-0.25, -0.2) is 4.39 Å². The van der Waals surface area contributed by atoms with Crippen LogP contribution in [0.1, 0.15) is 46.0 Å². The molecule has 0 radical (unpaired) electrons. The number of carbonyl (C=O) groups is 3. The fourth-order valence-electron chi connectivity index (χ4n) is 5.58. The lowest BCUT2D eigenvalue weighted by Crippen LogP contribution is -2.84. The molecule has 3 saturated carbocycles. The monoisotopic (exact) mass is 495 g/mol. The molecule has 8 nitrogen and oxygen atoms in total. The quantitative estimate of drug-likeness (QED) is 0.511. The van der Waals surface area contributed by atoms with Crippen molar-refractivity contribution in [1.29, 1.82) is 0 Å². The Morgan fingerprint density at radius 1 is 1.18 bits per heavy atom. The number of hydrogen-bond acceptors (Lipinski definition) is 6. The minimum atomic E-state index is -0.606. The maximum absolute atomic E-state index is 13.5. The Labute approximate surface area is 203 Å². The Morgan fingerprint density at radius 2 is 1.88 bits per heavy atom. The van der Waals surface area contributed by atoms with Gasteiger partial charge < -0.3 is 20.1 Å². The Morgan fingerprint density at radius 3 is 2.53 bits per heavy atom. The molecule has 2 unspecified atom stereocenters. The van der Waals surface area contributed by atoms with Gasteiger partial charge in [0.25, 0.3) is 5.91 Å². The molecule has 4 fully saturated rings. The molecule has 186 valence electrons. The summed E-state index contributed by atoms with van der Waals surface area (Å²) in [4.78, 5) is 39.7. The summed E-state index contributed by atoms with van der Waals surface area (Å²) in [6, 6.07) is 3.63. The van der Waals surface area contributed by atoms with Gasteiger partial charge in [-0.3, -0.25) is 19.3 Å². The van der Waals surface area contributed by atoms with E-state index in [0.29, 0.717) is 45.3 Å². The molecule has 2 bridgehead atoms. The van der Waals surface area contributed by atoms with Gasteiger partial charge in [0.2, 0.25) is 5.91 Å². The zero-order valence-corrected chi connectivity index (χ0v) is 20.3. The molecule has 1 heterocycles. The molecule has 10 heteroatoms. The van der Waals surface area contributed by atoms with E-state index >= 15 is 0 Å². The Balaban J connectivity index is 1.22. The summed E-state index contributed by atoms with van der Waals surface area (Å²) < 4.78 is 24.0. The van der Waals surface area contributed by atoms with Gasteiger partial charge in [0, 0.05) is 23.1 Å². The van der Waals surface area contributed by atoms with Crippen molar-refractivity contribution in [3.8, 4) is 5.75 Å². The second-order valence-corrected chi connectivity index (χ2v) is 10.0. The van der Waals surface area contributed by atoms with E-state index in [0.717, 1.165) is 12.6 Å². The van der Waals surface area contributed by atoms with Gasteiger partial charge in [-0.15, -0.1) is 0 Å². The van der Waals surface area contributed by atoms with Crippen LogP contribution in [0, 0.1) is 11.7 Å². The van der Waals surface area contributed by atoms with Crippen molar-refractivity contribution < 1.29 is 28.2 Å². The van der Waals surface area contributed by atoms with Gasteiger partial charge in [0.05, 0.1) is 11.6 Å². The summed E-state index contributed by atoms with van der Waals surface area (Å²) in [5.41, 5.74) is -0.607. The Hall–Kier alpha value is -2.39. The van der Waals surface area contributed by atoms with Crippen LogP contribution in [0.4, 0.5) is 4.39 Å². The van der Waals surface area contributed by atoms with Crippen LogP contribution in [0.2, 0.25) is 5.02 Å². The van der Waals surface area contributed by atoms with E-state index < -0.39 is 5.82 Å². The smallest absolute Gasteiger partial charge is 0.323 e. The van der Waals surface area contributed by atoms with Crippen molar-refractivity contribution >= 4 is 29.4 Å². The van der Waals surface area contributed by atoms with Crippen LogP contribution in [0.25, 0.3) is 0 Å². The molecular weight excluding hydrogens is 465 g/mol. The van der Waals surface area contributed by atoms with Crippen molar-refractivity contribution in [2.75, 3.05) is 26.3 Å². The minimum Gasteiger partial charge on any atom is -0.484 e. The minimum absolute atomic E-state index is 0.00894. The lowest BCUT2D eigenvalue weighted by atomic mass is 9.44. The first kappa shape index (κ1) is 24.7. The molecule has 1 aromatic carbocycles. The molecule has 4 aliphatic rings. The van der Waals surface area contributed by atoms with Crippen molar-refractivity contribution in [3.05, 3.63) is 29.0 Å². The van der Waals surface area contributed by atoms with Crippen molar-refractivity contribution in [3.63, 3.8) is 0 Å². The summed E-state index contributed by atoms with van der Waals surface area (Å²) in [5.74, 6) is -1.20. The molecule has 0 spiro atoms. The average molecular weight is 496 g/mol. The average Bonchev–Trinajstić information content (AvgIpc) is 2.77. The zero-order chi connectivity index (χ0) is 24.5. The van der Waals surface area contributed by atoms with Crippen molar-refractivity contribution in [1.82, 2.24) is 15.5 Å². The highest BCUT2D eigenvalue weighted by atomic mass is 35.5. The summed E-state index contributed by atoms with van der Waals surface area (Å²) >= 11 is 5.65. The second kappa shape index (κ2) is 9.70. The molecule has 1 aliphatic heterocycles. The number of carbonyl (C=O) groups excluding carboxylic acids is 3. The fraction of sp³-hybridized carbons (Fsp3) is 0.625. The zero-order valence-electron chi connectivity index (χ0n) is 19.5. The molecule has 3 aliphatic carbocycles. The third-order valence-corrected chi connectivity index (χ3v) is 7.44. The number of hydrogen-bond donors (Lipinski definition) is 2. The molecule has 1 aromatic rings. The molecule has 2 N–H and O–H groups in total. The van der Waals surface area contributed by atoms with E-state index in [1.54, 1.807) is 6.92 Å². The molecule has 0 aromatic heterocycles. The molecular formula is C24H31ClFN3O5. The Bertz CT molecular complexity index is 954. The van der Waals surface area contributed by atoms with Gasteiger partial charge in [0.15, 0.2) is 6.61 Å². The summed E-state index contributed by atoms with van der Waals surface area (Å²) in [6.07, 6.45) is 3.17. The third kappa shape index (κ3) is 5.00. The summed E-state index contributed by atoms with van der Waals surface area (Å²) in [7, 11) is 0. The number of nitrogens with one attached hydrogen (secondary N) is 2. The maximum atomic E-state index is 13.5. The molecule has 2 amide bonds. The second-order valence-electron chi connectivity index (χ2n) is 9.61. The molecule has 1 saturated heterocycles. The predicted molar refractivity (Wildman–Crippen MR) is 123 cm³/mol. The van der Waals surface area contributed by atoms with E-state index in [1.165, 1.54) is 12.1 Å². The number of benzene rings is 1. The van der Waals surface area contributed by atoms with Crippen LogP contribution in [0.15, 0.2) is 18.2 Å². The summed E-state index contributed by atoms with van der Waals surface area (Å²) in [5, 5.41) is 6.14. The molecule has 2 atom stereocenters. The number of ether oxygens (including phenoxy) is 2. The van der Waals surface area contributed by atoms with Crippen molar-refractivity contribution in [2.45, 2.75) is 63.1 Å². The van der Waals surface area contributed by atoms with E-state index in [-0.39, 0.29) is 58.2 Å². The highest BCUT2D eigenvalue weighted by Crippen LogP contribution is 2.60. The van der Waals surface area contributed by atoms with Gasteiger partial charge in [-0.05, 0) is 64.3 Å². The first-order valence-electron chi connectivity index (χ1n) is 11.8. The number of rotatable bonds is 9. The van der Waals surface area contributed by atoms with Crippen LogP contribution in [0.3, 0.4) is 0 Å². The highest BCUT2D eigenvalue weighted by Gasteiger charge is 2.69. The standard InChI is InChI=1S/C24H31ClFN3O5/c1-3-29-8-7-15(9-19(29)22(32)33-4-2)21(31)28-24-12-23(13-24,14-24)27-20(30)11-34-16-5-6-17(25)18(26)10-16/h5-6,10,15,19H,3-4,7-9,11-14H2,1-2H3,(H,27,30)(H,28,31). The van der Waals surface area contributed by atoms with E-state index in [9.17, 15) is 18.8 Å². The number of likely N-dealkylation sites (N-methyl/N-ethyl adjacent to an activating group) is 1. The maximum Gasteiger partial charge on any atom is 0.323 e. The number of likely N-dealkylation sites (tertiary alicyclic amines) is 1. The van der Waals surface area contributed by atoms with Gasteiger partial charge in [-0.1, -0.05) is 18.5 Å². The van der Waals surface area contributed by atoms with Crippen LogP contribution in [-0.2, 0) is 19.1 Å². The van der Waals surface area contributed by atoms with Crippen LogP contribution >= 0.6 is 11.6 Å². The lowest BCUT2D eigenvalue weighted by Gasteiger charge is -2.70. The number of piperidine rings is 1. The van der Waals surface area contributed by atoms with E-state index in [2.05, 4.69) is 15.5 Å². The first-order chi connectivity index (χ1) is 16.2. The first-order valence-corrected chi connectivity index (χ1v) is 12.2. The third-order valence-electron chi connectivity index (χ3n) is 7.13. The molecule has 5 rings (SSSR count). The number of amides is 2. The highest BCUT2D eigenvalue weighted by molar-refractivity contribution is 6.30. The summed E-state index contributed by atoms with van der Waals surface area (Å²) in [6.45, 7) is 5.29. The molecule has 34 heavy (non-hydrogen) atoms. The van der Waals surface area contributed by atoms with Crippen LogP contribution in [0.5, 0.6) is 5.75 Å². The normalized spacial score (nSPS) is 29.9. The van der Waals surface area contributed by atoms with Gasteiger partial charge in [-0.2, -0.15) is 0 Å². The lowest BCUT2D eigenvalue weighted by molar-refractivity contribution is -0.156. The number of esters is 1. The number of halogens is 2. The predicted octanol–water partition coefficient (Wildman–Crippen LogP) is 2.43. The SMILES string of the molecule is CCOC(=O)C1CC(C(=O)NC23CC(NC(=O)COc4ccc(Cl)c(F)c4)(C2)C3)CCN1CC. The van der Waals surface area contributed by atoms with Gasteiger partial charge >= 0.3 is 5.97 Å². The largest absolute Gasteiger partial charge is 0.484 e. The fourth-order valence-corrected chi connectivity index (χ4v) is 5.70. The van der Waals surface area contributed by atoms with Crippen LogP contribution in [-0.4, -0.2) is 66.1 Å². The Kier molecular flexibility index (Phi) is 7.05. The van der Waals surface area contributed by atoms with Gasteiger partial charge in [0.1, 0.15) is 17.6 Å².